The maximum atomic E-state index is 12.5. The molecule has 0 radical (unpaired) electrons. The number of piperidine rings is 1. The molecule has 0 unspecified atom stereocenters. The zero-order valence-corrected chi connectivity index (χ0v) is 15.8. The van der Waals surface area contributed by atoms with E-state index in [2.05, 4.69) is 10.4 Å². The lowest BCUT2D eigenvalue weighted by Gasteiger charge is -2.30. The second-order valence-electron chi connectivity index (χ2n) is 7.22. The van der Waals surface area contributed by atoms with E-state index >= 15 is 0 Å². The Morgan fingerprint density at radius 3 is 2.71 bits per heavy atom. The highest BCUT2D eigenvalue weighted by molar-refractivity contribution is 5.92. The number of para-hydroxylation sites is 2. The highest BCUT2D eigenvalue weighted by atomic mass is 16.6. The maximum absolute atomic E-state index is 12.5. The number of carbonyl (C=O) groups excluding carboxylic acids is 2. The molecule has 0 aliphatic carbocycles. The third kappa shape index (κ3) is 4.11. The van der Waals surface area contributed by atoms with Gasteiger partial charge in [0.25, 0.3) is 0 Å². The van der Waals surface area contributed by atoms with E-state index in [0.717, 1.165) is 11.5 Å². The van der Waals surface area contributed by atoms with Gasteiger partial charge in [0.15, 0.2) is 17.6 Å². The number of likely N-dealkylation sites (tertiary alicyclic amines) is 1. The van der Waals surface area contributed by atoms with Gasteiger partial charge in [-0.1, -0.05) is 12.1 Å². The zero-order chi connectivity index (χ0) is 19.5. The summed E-state index contributed by atoms with van der Waals surface area (Å²) in [5, 5.41) is 7.24. The van der Waals surface area contributed by atoms with Gasteiger partial charge in [0.1, 0.15) is 6.61 Å². The molecule has 1 atom stereocenters. The summed E-state index contributed by atoms with van der Waals surface area (Å²) in [5.41, 5.74) is 0.663. The smallest absolute Gasteiger partial charge is 0.227 e. The lowest BCUT2D eigenvalue weighted by molar-refractivity contribution is -0.132. The lowest BCUT2D eigenvalue weighted by Crippen LogP contribution is -2.40. The molecule has 4 rings (SSSR count). The highest BCUT2D eigenvalue weighted by Gasteiger charge is 2.26. The standard InChI is InChI=1S/C20H24N4O4/c1-14(25)23-8-6-15(7-9-23)20(26)22-16-10-21-24(11-16)12-17-13-27-18-4-2-3-5-19(18)28-17/h2-5,10-11,15,17H,6-9,12-13H2,1H3,(H,22,26)/t17-/m1/s1. The summed E-state index contributed by atoms with van der Waals surface area (Å²) in [6.45, 7) is 3.81. The van der Waals surface area contributed by atoms with E-state index in [1.54, 1.807) is 28.9 Å². The molecule has 1 saturated heterocycles. The van der Waals surface area contributed by atoms with Crippen molar-refractivity contribution in [2.24, 2.45) is 5.92 Å². The van der Waals surface area contributed by atoms with Crippen LogP contribution in [-0.4, -0.2) is 52.3 Å². The van der Waals surface area contributed by atoms with Crippen LogP contribution in [0.5, 0.6) is 11.5 Å². The second-order valence-corrected chi connectivity index (χ2v) is 7.22. The Bertz CT molecular complexity index is 857. The summed E-state index contributed by atoms with van der Waals surface area (Å²) in [6.07, 6.45) is 4.67. The molecule has 1 aromatic carbocycles. The predicted molar refractivity (Wildman–Crippen MR) is 102 cm³/mol. The Kier molecular flexibility index (Phi) is 5.18. The SMILES string of the molecule is CC(=O)N1CCC(C(=O)Nc2cnn(C[C@@H]3COc4ccccc4O3)c2)CC1. The third-order valence-corrected chi connectivity index (χ3v) is 5.17. The Morgan fingerprint density at radius 2 is 1.96 bits per heavy atom. The number of ether oxygens (including phenoxy) is 2. The Balaban J connectivity index is 1.29. The summed E-state index contributed by atoms with van der Waals surface area (Å²) < 4.78 is 13.4. The zero-order valence-electron chi connectivity index (χ0n) is 15.8. The molecule has 2 aromatic rings. The summed E-state index contributed by atoms with van der Waals surface area (Å²) in [7, 11) is 0. The number of amides is 2. The monoisotopic (exact) mass is 384 g/mol. The van der Waals surface area contributed by atoms with Gasteiger partial charge in [-0.25, -0.2) is 0 Å². The van der Waals surface area contributed by atoms with Gasteiger partial charge in [-0.05, 0) is 25.0 Å². The molecule has 8 heteroatoms. The van der Waals surface area contributed by atoms with Crippen LogP contribution in [0.2, 0.25) is 0 Å². The average Bonchev–Trinajstić information content (AvgIpc) is 3.14. The molecule has 1 fully saturated rings. The number of benzene rings is 1. The quantitative estimate of drug-likeness (QED) is 0.870. The van der Waals surface area contributed by atoms with Crippen LogP contribution in [0.4, 0.5) is 5.69 Å². The first-order valence-electron chi connectivity index (χ1n) is 9.56. The van der Waals surface area contributed by atoms with Crippen molar-refractivity contribution in [1.29, 1.82) is 0 Å². The Morgan fingerprint density at radius 1 is 1.21 bits per heavy atom. The van der Waals surface area contributed by atoms with Gasteiger partial charge < -0.3 is 19.7 Å². The second kappa shape index (κ2) is 7.92. The number of anilines is 1. The fraction of sp³-hybridized carbons (Fsp3) is 0.450. The normalized spacial score (nSPS) is 19.3. The fourth-order valence-corrected chi connectivity index (χ4v) is 3.59. The molecular formula is C20H24N4O4. The lowest BCUT2D eigenvalue weighted by atomic mass is 9.96. The number of nitrogens with one attached hydrogen (secondary N) is 1. The van der Waals surface area contributed by atoms with Crippen LogP contribution in [0.3, 0.4) is 0 Å². The van der Waals surface area contributed by atoms with Crippen LogP contribution < -0.4 is 14.8 Å². The van der Waals surface area contributed by atoms with Crippen LogP contribution >= 0.6 is 0 Å². The Labute approximate surface area is 163 Å². The van der Waals surface area contributed by atoms with Gasteiger partial charge in [-0.2, -0.15) is 5.10 Å². The van der Waals surface area contributed by atoms with E-state index in [1.165, 1.54) is 0 Å². The minimum atomic E-state index is -0.144. The number of fused-ring (bicyclic) bond motifs is 1. The van der Waals surface area contributed by atoms with Crippen LogP contribution in [0.1, 0.15) is 19.8 Å². The molecule has 28 heavy (non-hydrogen) atoms. The first kappa shape index (κ1) is 18.3. The van der Waals surface area contributed by atoms with E-state index in [1.807, 2.05) is 24.3 Å². The number of hydrogen-bond acceptors (Lipinski definition) is 5. The van der Waals surface area contributed by atoms with Crippen molar-refractivity contribution in [3.8, 4) is 11.5 Å². The molecule has 0 bridgehead atoms. The minimum absolute atomic E-state index is 0.0195. The molecule has 1 aromatic heterocycles. The molecule has 1 N–H and O–H groups in total. The van der Waals surface area contributed by atoms with Crippen molar-refractivity contribution in [3.63, 3.8) is 0 Å². The fourth-order valence-electron chi connectivity index (χ4n) is 3.59. The van der Waals surface area contributed by atoms with E-state index in [4.69, 9.17) is 9.47 Å². The van der Waals surface area contributed by atoms with E-state index < -0.39 is 0 Å². The van der Waals surface area contributed by atoms with Gasteiger partial charge in [-0.3, -0.25) is 14.3 Å². The van der Waals surface area contributed by atoms with Crippen LogP contribution in [0, 0.1) is 5.92 Å². The molecular weight excluding hydrogens is 360 g/mol. The number of rotatable bonds is 4. The van der Waals surface area contributed by atoms with E-state index in [-0.39, 0.29) is 23.8 Å². The van der Waals surface area contributed by atoms with Gasteiger partial charge in [0.2, 0.25) is 11.8 Å². The van der Waals surface area contributed by atoms with E-state index in [9.17, 15) is 9.59 Å². The number of carbonyl (C=O) groups is 2. The number of nitrogens with zero attached hydrogens (tertiary/aromatic N) is 3. The molecule has 0 spiro atoms. The average molecular weight is 384 g/mol. The van der Waals surface area contributed by atoms with Crippen molar-refractivity contribution < 1.29 is 19.1 Å². The van der Waals surface area contributed by atoms with Gasteiger partial charge in [0, 0.05) is 32.1 Å². The summed E-state index contributed by atoms with van der Waals surface area (Å²) in [5.74, 6) is 1.45. The van der Waals surface area contributed by atoms with Gasteiger partial charge in [0.05, 0.1) is 18.4 Å². The van der Waals surface area contributed by atoms with Crippen molar-refractivity contribution in [3.05, 3.63) is 36.7 Å². The first-order valence-corrected chi connectivity index (χ1v) is 9.56. The van der Waals surface area contributed by atoms with Crippen molar-refractivity contribution >= 4 is 17.5 Å². The molecule has 2 amide bonds. The topological polar surface area (TPSA) is 85.7 Å². The minimum Gasteiger partial charge on any atom is -0.486 e. The number of hydrogen-bond donors (Lipinski definition) is 1. The molecule has 3 heterocycles. The molecule has 2 aliphatic rings. The van der Waals surface area contributed by atoms with Gasteiger partial charge in [-0.15, -0.1) is 0 Å². The first-order chi connectivity index (χ1) is 13.6. The maximum Gasteiger partial charge on any atom is 0.227 e. The summed E-state index contributed by atoms with van der Waals surface area (Å²) in [4.78, 5) is 25.7. The molecule has 2 aliphatic heterocycles. The van der Waals surface area contributed by atoms with Crippen molar-refractivity contribution in [2.75, 3.05) is 25.0 Å². The van der Waals surface area contributed by atoms with Crippen LogP contribution in [0.25, 0.3) is 0 Å². The predicted octanol–water partition coefficient (Wildman–Crippen LogP) is 1.92. The number of aromatic nitrogens is 2. The third-order valence-electron chi connectivity index (χ3n) is 5.17. The largest absolute Gasteiger partial charge is 0.486 e. The van der Waals surface area contributed by atoms with Crippen molar-refractivity contribution in [1.82, 2.24) is 14.7 Å². The Hall–Kier alpha value is -3.03. The summed E-state index contributed by atoms with van der Waals surface area (Å²) >= 11 is 0. The molecule has 0 saturated carbocycles. The van der Waals surface area contributed by atoms with Crippen LogP contribution in [-0.2, 0) is 16.1 Å². The molecule has 148 valence electrons. The molecule has 8 nitrogen and oxygen atoms in total. The van der Waals surface area contributed by atoms with Crippen LogP contribution in [0.15, 0.2) is 36.7 Å². The van der Waals surface area contributed by atoms with Gasteiger partial charge >= 0.3 is 0 Å². The highest BCUT2D eigenvalue weighted by Crippen LogP contribution is 2.31. The van der Waals surface area contributed by atoms with Crippen molar-refractivity contribution in [2.45, 2.75) is 32.4 Å². The van der Waals surface area contributed by atoms with E-state index in [0.29, 0.717) is 44.8 Å². The summed E-state index contributed by atoms with van der Waals surface area (Å²) in [6, 6.07) is 7.59.